The van der Waals surface area contributed by atoms with Gasteiger partial charge in [0.05, 0.1) is 18.8 Å². The number of aliphatic hydroxyl groups is 1. The fourth-order valence-electron chi connectivity index (χ4n) is 7.82. The molecule has 7 atom stereocenters. The van der Waals surface area contributed by atoms with E-state index in [0.29, 0.717) is 12.8 Å². The second-order valence-electron chi connectivity index (χ2n) is 11.9. The van der Waals surface area contributed by atoms with Gasteiger partial charge in [-0.05, 0) is 76.4 Å². The zero-order chi connectivity index (χ0) is 27.9. The number of fused-ring (bicyclic) bond motifs is 5. The van der Waals surface area contributed by atoms with Crippen LogP contribution in [0.5, 0.6) is 0 Å². The van der Waals surface area contributed by atoms with Crippen LogP contribution in [0.15, 0.2) is 23.8 Å². The molecule has 0 amide bonds. The first kappa shape index (κ1) is 28.3. The number of ketones is 2. The molecule has 0 aliphatic heterocycles. The lowest BCUT2D eigenvalue weighted by molar-refractivity contribution is -0.184. The average Bonchev–Trinajstić information content (AvgIpc) is 3.13. The summed E-state index contributed by atoms with van der Waals surface area (Å²) in [6.07, 6.45) is 5.18. The molecular formula is C29H40O9. The molecule has 0 aromatic rings. The molecule has 1 unspecified atom stereocenters. The van der Waals surface area contributed by atoms with Crippen molar-refractivity contribution in [2.75, 3.05) is 13.2 Å². The Kier molecular flexibility index (Phi) is 7.81. The molecular weight excluding hydrogens is 492 g/mol. The molecule has 9 nitrogen and oxygen atoms in total. The van der Waals surface area contributed by atoms with Crippen LogP contribution in [0.4, 0.5) is 9.59 Å². The van der Waals surface area contributed by atoms with E-state index in [2.05, 4.69) is 6.92 Å². The maximum Gasteiger partial charge on any atom is 0.509 e. The fourth-order valence-corrected chi connectivity index (χ4v) is 7.82. The molecule has 3 fully saturated rings. The highest BCUT2D eigenvalue weighted by molar-refractivity contribution is 6.01. The van der Waals surface area contributed by atoms with Crippen molar-refractivity contribution in [2.24, 2.45) is 28.6 Å². The first-order valence-corrected chi connectivity index (χ1v) is 13.7. The van der Waals surface area contributed by atoms with Gasteiger partial charge in [-0.25, -0.2) is 9.59 Å². The molecule has 4 aliphatic rings. The Morgan fingerprint density at radius 2 is 1.87 bits per heavy atom. The summed E-state index contributed by atoms with van der Waals surface area (Å²) in [7, 11) is 0. The monoisotopic (exact) mass is 532 g/mol. The van der Waals surface area contributed by atoms with Gasteiger partial charge in [0.1, 0.15) is 0 Å². The second-order valence-corrected chi connectivity index (χ2v) is 11.9. The predicted molar refractivity (Wildman–Crippen MR) is 136 cm³/mol. The lowest BCUT2D eigenvalue weighted by atomic mass is 9.46. The molecule has 38 heavy (non-hydrogen) atoms. The number of Topliss-reactive ketones (excluding diaryl/α,β-unsaturated/α-hetero) is 1. The summed E-state index contributed by atoms with van der Waals surface area (Å²) in [5, 5.41) is 11.7. The van der Waals surface area contributed by atoms with Crippen LogP contribution in [0.2, 0.25) is 0 Å². The minimum absolute atomic E-state index is 0.0356. The highest BCUT2D eigenvalue weighted by Crippen LogP contribution is 2.68. The summed E-state index contributed by atoms with van der Waals surface area (Å²) in [5.74, 6) is -0.717. The van der Waals surface area contributed by atoms with E-state index >= 15 is 0 Å². The van der Waals surface area contributed by atoms with Crippen molar-refractivity contribution >= 4 is 23.9 Å². The van der Waals surface area contributed by atoms with Crippen LogP contribution < -0.4 is 0 Å². The van der Waals surface area contributed by atoms with Gasteiger partial charge in [-0.15, -0.1) is 0 Å². The number of allylic oxidation sites excluding steroid dienone is 4. The number of rotatable bonds is 7. The number of aliphatic hydroxyl groups excluding tert-OH is 1. The zero-order valence-electron chi connectivity index (χ0n) is 23.0. The van der Waals surface area contributed by atoms with Crippen LogP contribution in [-0.2, 0) is 28.5 Å². The Labute approximate surface area is 223 Å². The van der Waals surface area contributed by atoms with Crippen LogP contribution in [0.1, 0.15) is 73.1 Å². The Bertz CT molecular complexity index is 1040. The van der Waals surface area contributed by atoms with Gasteiger partial charge in [-0.2, -0.15) is 0 Å². The lowest BCUT2D eigenvalue weighted by Crippen LogP contribution is -2.63. The Morgan fingerprint density at radius 1 is 1.13 bits per heavy atom. The first-order valence-electron chi connectivity index (χ1n) is 13.7. The Hall–Kier alpha value is -2.68. The van der Waals surface area contributed by atoms with Crippen molar-refractivity contribution in [3.63, 3.8) is 0 Å². The van der Waals surface area contributed by atoms with Gasteiger partial charge in [0.25, 0.3) is 0 Å². The van der Waals surface area contributed by atoms with E-state index in [4.69, 9.17) is 18.9 Å². The number of hydrogen-bond donors (Lipinski definition) is 1. The average molecular weight is 533 g/mol. The van der Waals surface area contributed by atoms with Crippen LogP contribution in [-0.4, -0.2) is 60.0 Å². The smallest absolute Gasteiger partial charge is 0.434 e. The molecule has 1 N–H and O–H groups in total. The van der Waals surface area contributed by atoms with E-state index in [1.54, 1.807) is 26.0 Å². The van der Waals surface area contributed by atoms with Gasteiger partial charge in [-0.1, -0.05) is 32.4 Å². The van der Waals surface area contributed by atoms with Gasteiger partial charge >= 0.3 is 12.3 Å². The second kappa shape index (κ2) is 10.5. The minimum atomic E-state index is -1.62. The van der Waals surface area contributed by atoms with Crippen LogP contribution >= 0.6 is 0 Å². The van der Waals surface area contributed by atoms with E-state index < -0.39 is 53.3 Å². The van der Waals surface area contributed by atoms with Gasteiger partial charge < -0.3 is 24.1 Å². The minimum Gasteiger partial charge on any atom is -0.434 e. The third kappa shape index (κ3) is 4.67. The van der Waals surface area contributed by atoms with E-state index in [-0.39, 0.29) is 43.0 Å². The highest BCUT2D eigenvalue weighted by atomic mass is 16.7. The van der Waals surface area contributed by atoms with E-state index in [9.17, 15) is 24.3 Å². The normalized spacial score (nSPS) is 37.4. The number of hydrogen-bond acceptors (Lipinski definition) is 9. The van der Waals surface area contributed by atoms with Gasteiger partial charge in [0, 0.05) is 16.7 Å². The summed E-state index contributed by atoms with van der Waals surface area (Å²) < 4.78 is 21.2. The quantitative estimate of drug-likeness (QED) is 0.464. The topological polar surface area (TPSA) is 125 Å². The Morgan fingerprint density at radius 3 is 2.55 bits per heavy atom. The van der Waals surface area contributed by atoms with Crippen LogP contribution in [0, 0.1) is 28.6 Å². The van der Waals surface area contributed by atoms with Crippen molar-refractivity contribution in [2.45, 2.75) is 91.0 Å². The third-order valence-electron chi connectivity index (χ3n) is 9.40. The molecule has 210 valence electrons. The molecule has 4 rings (SSSR count). The van der Waals surface area contributed by atoms with E-state index in [1.807, 2.05) is 19.9 Å². The van der Waals surface area contributed by atoms with Crippen LogP contribution in [0.25, 0.3) is 0 Å². The molecule has 0 heterocycles. The summed E-state index contributed by atoms with van der Waals surface area (Å²) in [6.45, 7) is 8.69. The SMILES string of the molecule is CCCOC(=O)O[C@]1(C(=O)COC(=O)OC(C)C)CC[C@H]2[C@@H]3CCC4=CC(=O)C=C[C@]4(C)[C@H]3C(O)C[C@@]21C. The molecule has 0 bridgehead atoms. The lowest BCUT2D eigenvalue weighted by Gasteiger charge is -2.59. The number of carbonyl (C=O) groups is 4. The summed E-state index contributed by atoms with van der Waals surface area (Å²) in [5.41, 5.74) is -1.96. The van der Waals surface area contributed by atoms with Crippen molar-refractivity contribution in [3.8, 4) is 0 Å². The largest absolute Gasteiger partial charge is 0.509 e. The van der Waals surface area contributed by atoms with Crippen molar-refractivity contribution in [1.29, 1.82) is 0 Å². The zero-order valence-corrected chi connectivity index (χ0v) is 23.0. The van der Waals surface area contributed by atoms with Crippen molar-refractivity contribution < 1.29 is 43.2 Å². The number of ether oxygens (including phenoxy) is 4. The van der Waals surface area contributed by atoms with E-state index in [1.165, 1.54) is 0 Å². The molecule has 0 spiro atoms. The molecule has 0 aromatic carbocycles. The highest BCUT2D eigenvalue weighted by Gasteiger charge is 2.70. The maximum absolute atomic E-state index is 13.8. The van der Waals surface area contributed by atoms with E-state index in [0.717, 1.165) is 18.4 Å². The third-order valence-corrected chi connectivity index (χ3v) is 9.40. The molecule has 4 aliphatic carbocycles. The van der Waals surface area contributed by atoms with Crippen LogP contribution in [0.3, 0.4) is 0 Å². The molecule has 3 saturated carbocycles. The Balaban J connectivity index is 1.66. The standard InChI is InChI=1S/C29H40O9/c1-6-13-35-26(34)38-29(23(32)16-36-25(33)37-17(2)3)12-10-21-20-8-7-18-14-19(30)9-11-27(18,4)24(20)22(31)15-28(21,29)5/h9,11,14,17,20-22,24,31H,6-8,10,12-13,15-16H2,1-5H3/t20-,21-,22?,24+,27-,28-,29-/m0/s1. The summed E-state index contributed by atoms with van der Waals surface area (Å²) >= 11 is 0. The fraction of sp³-hybridized carbons (Fsp3) is 0.724. The first-order chi connectivity index (χ1) is 17.9. The molecule has 0 radical (unpaired) electrons. The predicted octanol–water partition coefficient (Wildman–Crippen LogP) is 4.70. The molecule has 0 aromatic heterocycles. The summed E-state index contributed by atoms with van der Waals surface area (Å²) in [6, 6.07) is 0. The van der Waals surface area contributed by atoms with Crippen molar-refractivity contribution in [1.82, 2.24) is 0 Å². The van der Waals surface area contributed by atoms with Gasteiger partial charge in [0.2, 0.25) is 5.78 Å². The number of carbonyl (C=O) groups excluding carboxylic acids is 4. The van der Waals surface area contributed by atoms with Gasteiger partial charge in [0.15, 0.2) is 18.0 Å². The maximum atomic E-state index is 13.8. The van der Waals surface area contributed by atoms with Gasteiger partial charge in [-0.3, -0.25) is 9.59 Å². The molecule has 9 heteroatoms. The summed E-state index contributed by atoms with van der Waals surface area (Å²) in [4.78, 5) is 50.7. The molecule has 0 saturated heterocycles. The van der Waals surface area contributed by atoms with Crippen molar-refractivity contribution in [3.05, 3.63) is 23.8 Å².